The number of benzene rings is 2. The van der Waals surface area contributed by atoms with Crippen molar-refractivity contribution in [3.05, 3.63) is 58.9 Å². The van der Waals surface area contributed by atoms with E-state index < -0.39 is 15.8 Å². The Balaban J connectivity index is 2.05. The van der Waals surface area contributed by atoms with Gasteiger partial charge in [0.15, 0.2) is 0 Å². The second kappa shape index (κ2) is 6.43. The normalized spacial score (nSPS) is 11.5. The standard InChI is InChI=1S/C14H14ClFN2O2S/c15-11-6-4-10(5-7-11)8-9-18-21(19,20)13-3-1-2-12(16)14(13)17/h1-7,18H,8-9,17H2. The molecule has 2 aromatic rings. The van der Waals surface area contributed by atoms with Gasteiger partial charge in [-0.15, -0.1) is 0 Å². The summed E-state index contributed by atoms with van der Waals surface area (Å²) in [6.07, 6.45) is 0.492. The predicted molar refractivity (Wildman–Crippen MR) is 81.2 cm³/mol. The Labute approximate surface area is 127 Å². The van der Waals surface area contributed by atoms with E-state index in [1.54, 1.807) is 12.1 Å². The largest absolute Gasteiger partial charge is 0.395 e. The molecule has 0 radical (unpaired) electrons. The van der Waals surface area contributed by atoms with Crippen LogP contribution in [0, 0.1) is 5.82 Å². The van der Waals surface area contributed by atoms with Gasteiger partial charge in [-0.25, -0.2) is 17.5 Å². The number of rotatable bonds is 5. The van der Waals surface area contributed by atoms with Crippen molar-refractivity contribution in [1.82, 2.24) is 4.72 Å². The molecule has 2 aromatic carbocycles. The molecule has 0 saturated carbocycles. The van der Waals surface area contributed by atoms with Crippen molar-refractivity contribution in [3.63, 3.8) is 0 Å². The van der Waals surface area contributed by atoms with Crippen LogP contribution in [-0.4, -0.2) is 15.0 Å². The number of hydrogen-bond donors (Lipinski definition) is 2. The van der Waals surface area contributed by atoms with Crippen molar-refractivity contribution in [2.24, 2.45) is 0 Å². The van der Waals surface area contributed by atoms with Crippen molar-refractivity contribution < 1.29 is 12.8 Å². The monoisotopic (exact) mass is 328 g/mol. The molecular formula is C14H14ClFN2O2S. The van der Waals surface area contributed by atoms with Crippen LogP contribution in [0.25, 0.3) is 0 Å². The second-order valence-electron chi connectivity index (χ2n) is 4.43. The van der Waals surface area contributed by atoms with E-state index in [4.69, 9.17) is 17.3 Å². The molecule has 0 aliphatic rings. The van der Waals surface area contributed by atoms with Gasteiger partial charge in [0.25, 0.3) is 0 Å². The highest BCUT2D eigenvalue weighted by molar-refractivity contribution is 7.89. The molecule has 112 valence electrons. The Hall–Kier alpha value is -1.63. The number of anilines is 1. The fraction of sp³-hybridized carbons (Fsp3) is 0.143. The lowest BCUT2D eigenvalue weighted by Crippen LogP contribution is -2.27. The van der Waals surface area contributed by atoms with Crippen LogP contribution in [0.2, 0.25) is 5.02 Å². The third-order valence-corrected chi connectivity index (χ3v) is 4.69. The Kier molecular flexibility index (Phi) is 4.82. The lowest BCUT2D eigenvalue weighted by atomic mass is 10.2. The maximum absolute atomic E-state index is 13.3. The molecule has 21 heavy (non-hydrogen) atoms. The van der Waals surface area contributed by atoms with Crippen LogP contribution in [-0.2, 0) is 16.4 Å². The molecule has 0 atom stereocenters. The van der Waals surface area contributed by atoms with Gasteiger partial charge in [0.1, 0.15) is 10.7 Å². The number of hydrogen-bond acceptors (Lipinski definition) is 3. The molecule has 2 rings (SSSR count). The van der Waals surface area contributed by atoms with Crippen molar-refractivity contribution in [3.8, 4) is 0 Å². The van der Waals surface area contributed by atoms with Gasteiger partial charge in [0, 0.05) is 11.6 Å². The summed E-state index contributed by atoms with van der Waals surface area (Å²) < 4.78 is 39.8. The summed E-state index contributed by atoms with van der Waals surface area (Å²) in [5.74, 6) is -0.754. The Morgan fingerprint density at radius 1 is 1.14 bits per heavy atom. The molecule has 0 unspecified atom stereocenters. The van der Waals surface area contributed by atoms with Crippen molar-refractivity contribution in [1.29, 1.82) is 0 Å². The summed E-state index contributed by atoms with van der Waals surface area (Å²) in [5.41, 5.74) is 6.02. The van der Waals surface area contributed by atoms with Gasteiger partial charge in [-0.3, -0.25) is 0 Å². The number of para-hydroxylation sites is 1. The summed E-state index contributed by atoms with van der Waals surface area (Å²) in [7, 11) is -3.83. The highest BCUT2D eigenvalue weighted by Gasteiger charge is 2.18. The number of nitrogen functional groups attached to an aromatic ring is 1. The topological polar surface area (TPSA) is 72.2 Å². The van der Waals surface area contributed by atoms with Gasteiger partial charge in [0.05, 0.1) is 5.69 Å². The second-order valence-corrected chi connectivity index (χ2v) is 6.60. The number of halogens is 2. The molecule has 0 aliphatic heterocycles. The Bertz CT molecular complexity index is 733. The smallest absolute Gasteiger partial charge is 0.242 e. The lowest BCUT2D eigenvalue weighted by molar-refractivity contribution is 0.579. The minimum absolute atomic E-state index is 0.180. The van der Waals surface area contributed by atoms with E-state index in [-0.39, 0.29) is 17.1 Å². The number of sulfonamides is 1. The highest BCUT2D eigenvalue weighted by Crippen LogP contribution is 2.20. The van der Waals surface area contributed by atoms with Gasteiger partial charge in [-0.05, 0) is 36.2 Å². The number of nitrogens with two attached hydrogens (primary N) is 1. The summed E-state index contributed by atoms with van der Waals surface area (Å²) in [6.45, 7) is 0.180. The molecular weight excluding hydrogens is 315 g/mol. The summed E-state index contributed by atoms with van der Waals surface area (Å²) in [6, 6.07) is 10.8. The first-order valence-electron chi connectivity index (χ1n) is 6.18. The average Bonchev–Trinajstić information content (AvgIpc) is 2.44. The minimum atomic E-state index is -3.83. The molecule has 0 aromatic heterocycles. The maximum Gasteiger partial charge on any atom is 0.242 e. The van der Waals surface area contributed by atoms with Gasteiger partial charge in [-0.1, -0.05) is 29.8 Å². The van der Waals surface area contributed by atoms with E-state index in [2.05, 4.69) is 4.72 Å². The fourth-order valence-corrected chi connectivity index (χ4v) is 3.11. The molecule has 0 spiro atoms. The molecule has 0 bridgehead atoms. The molecule has 7 heteroatoms. The molecule has 4 nitrogen and oxygen atoms in total. The van der Waals surface area contributed by atoms with Crippen LogP contribution in [0.3, 0.4) is 0 Å². The molecule has 0 aliphatic carbocycles. The van der Waals surface area contributed by atoms with Crippen molar-refractivity contribution in [2.75, 3.05) is 12.3 Å². The van der Waals surface area contributed by atoms with E-state index >= 15 is 0 Å². The molecule has 0 amide bonds. The lowest BCUT2D eigenvalue weighted by Gasteiger charge is -2.09. The number of nitrogens with one attached hydrogen (secondary N) is 1. The SMILES string of the molecule is Nc1c(F)cccc1S(=O)(=O)NCCc1ccc(Cl)cc1. The third-order valence-electron chi connectivity index (χ3n) is 2.92. The van der Waals surface area contributed by atoms with Gasteiger partial charge in [0.2, 0.25) is 10.0 Å². The summed E-state index contributed by atoms with van der Waals surface area (Å²) in [5, 5.41) is 0.617. The first-order chi connectivity index (χ1) is 9.90. The van der Waals surface area contributed by atoms with E-state index in [0.717, 1.165) is 11.6 Å². The fourth-order valence-electron chi connectivity index (χ4n) is 1.81. The van der Waals surface area contributed by atoms with Gasteiger partial charge in [-0.2, -0.15) is 0 Å². The van der Waals surface area contributed by atoms with E-state index in [0.29, 0.717) is 11.4 Å². The van der Waals surface area contributed by atoms with Crippen LogP contribution in [0.1, 0.15) is 5.56 Å². The van der Waals surface area contributed by atoms with Crippen LogP contribution in [0.4, 0.5) is 10.1 Å². The van der Waals surface area contributed by atoms with E-state index in [9.17, 15) is 12.8 Å². The quantitative estimate of drug-likeness (QED) is 0.829. The average molecular weight is 329 g/mol. The van der Waals surface area contributed by atoms with Gasteiger partial charge < -0.3 is 5.73 Å². The Morgan fingerprint density at radius 2 is 1.81 bits per heavy atom. The Morgan fingerprint density at radius 3 is 2.48 bits per heavy atom. The van der Waals surface area contributed by atoms with Crippen LogP contribution >= 0.6 is 11.6 Å². The molecule has 0 fully saturated rings. The van der Waals surface area contributed by atoms with Crippen LogP contribution in [0.5, 0.6) is 0 Å². The van der Waals surface area contributed by atoms with E-state index in [1.807, 2.05) is 12.1 Å². The first-order valence-corrected chi connectivity index (χ1v) is 8.04. The van der Waals surface area contributed by atoms with Crippen LogP contribution in [0.15, 0.2) is 47.4 Å². The third kappa shape index (κ3) is 3.93. The molecule has 0 saturated heterocycles. The highest BCUT2D eigenvalue weighted by atomic mass is 35.5. The summed E-state index contributed by atoms with van der Waals surface area (Å²) in [4.78, 5) is -0.251. The van der Waals surface area contributed by atoms with Crippen molar-refractivity contribution in [2.45, 2.75) is 11.3 Å². The first kappa shape index (κ1) is 15.8. The zero-order valence-corrected chi connectivity index (χ0v) is 12.6. The molecule has 0 heterocycles. The zero-order chi connectivity index (χ0) is 15.5. The zero-order valence-electron chi connectivity index (χ0n) is 11.0. The van der Waals surface area contributed by atoms with E-state index in [1.165, 1.54) is 12.1 Å². The van der Waals surface area contributed by atoms with Crippen molar-refractivity contribution >= 4 is 27.3 Å². The predicted octanol–water partition coefficient (Wildman–Crippen LogP) is 2.58. The van der Waals surface area contributed by atoms with Gasteiger partial charge >= 0.3 is 0 Å². The summed E-state index contributed by atoms with van der Waals surface area (Å²) >= 11 is 5.77. The van der Waals surface area contributed by atoms with Crippen LogP contribution < -0.4 is 10.5 Å². The maximum atomic E-state index is 13.3. The minimum Gasteiger partial charge on any atom is -0.395 e. The molecule has 3 N–H and O–H groups in total.